The van der Waals surface area contributed by atoms with E-state index in [1.807, 2.05) is 0 Å². The Hall–Kier alpha value is -2.49. The number of hydrogen-bond donors (Lipinski definition) is 2. The molecule has 0 saturated carbocycles. The van der Waals surface area contributed by atoms with Crippen LogP contribution in [0.4, 0.5) is 9.93 Å². The average Bonchev–Trinajstić information content (AvgIpc) is 3.15. The lowest BCUT2D eigenvalue weighted by Crippen LogP contribution is -2.36. The number of aldehydes is 1. The zero-order valence-electron chi connectivity index (χ0n) is 12.2. The number of nitrogens with one attached hydrogen (secondary N) is 1. The molecule has 2 amide bonds. The molecule has 1 aromatic rings. The number of rotatable bonds is 8. The van der Waals surface area contributed by atoms with E-state index in [0.717, 1.165) is 11.3 Å². The third kappa shape index (κ3) is 4.49. The van der Waals surface area contributed by atoms with Crippen molar-refractivity contribution in [2.75, 3.05) is 32.0 Å². The molecular formula is C13H16N4O5S. The van der Waals surface area contributed by atoms with Gasteiger partial charge in [0.15, 0.2) is 5.13 Å². The fourth-order valence-corrected chi connectivity index (χ4v) is 2.52. The van der Waals surface area contributed by atoms with E-state index in [1.165, 1.54) is 10.3 Å². The largest absolute Gasteiger partial charge is 0.448 e. The van der Waals surface area contributed by atoms with Crippen molar-refractivity contribution in [3.05, 3.63) is 11.1 Å². The third-order valence-corrected chi connectivity index (χ3v) is 3.97. The second kappa shape index (κ2) is 7.68. The van der Waals surface area contributed by atoms with Gasteiger partial charge in [0, 0.05) is 24.4 Å². The summed E-state index contributed by atoms with van der Waals surface area (Å²) in [6, 6.07) is 0. The van der Waals surface area contributed by atoms with Crippen molar-refractivity contribution in [1.82, 2.24) is 15.2 Å². The van der Waals surface area contributed by atoms with Crippen molar-refractivity contribution >= 4 is 40.5 Å². The molecule has 2 heterocycles. The van der Waals surface area contributed by atoms with Gasteiger partial charge in [-0.05, 0) is 6.42 Å². The smallest absolute Gasteiger partial charge is 0.409 e. The number of ketones is 1. The minimum Gasteiger partial charge on any atom is -0.448 e. The van der Waals surface area contributed by atoms with Crippen molar-refractivity contribution in [3.63, 3.8) is 0 Å². The van der Waals surface area contributed by atoms with E-state index < -0.39 is 23.7 Å². The van der Waals surface area contributed by atoms with E-state index in [1.54, 1.807) is 0 Å². The summed E-state index contributed by atoms with van der Waals surface area (Å²) in [6.45, 7) is 1.19. The van der Waals surface area contributed by atoms with Crippen molar-refractivity contribution in [2.45, 2.75) is 6.42 Å². The van der Waals surface area contributed by atoms with Gasteiger partial charge in [-0.2, -0.15) is 0 Å². The van der Waals surface area contributed by atoms with E-state index in [2.05, 4.69) is 10.3 Å². The number of carbonyl (C=O) groups is 4. The summed E-state index contributed by atoms with van der Waals surface area (Å²) in [5.74, 6) is -2.14. The second-order valence-electron chi connectivity index (χ2n) is 4.90. The van der Waals surface area contributed by atoms with Crippen LogP contribution in [0, 0.1) is 5.92 Å². The first-order valence-electron chi connectivity index (χ1n) is 6.91. The monoisotopic (exact) mass is 340 g/mol. The molecule has 0 unspecified atom stereocenters. The summed E-state index contributed by atoms with van der Waals surface area (Å²) in [4.78, 5) is 51.1. The van der Waals surface area contributed by atoms with E-state index >= 15 is 0 Å². The minimum atomic E-state index is -0.845. The molecule has 0 spiro atoms. The summed E-state index contributed by atoms with van der Waals surface area (Å²) in [6.07, 6.45) is 0.652. The van der Waals surface area contributed by atoms with Crippen molar-refractivity contribution in [3.8, 4) is 0 Å². The molecule has 0 aromatic carbocycles. The van der Waals surface area contributed by atoms with E-state index in [-0.39, 0.29) is 17.4 Å². The number of cyclic esters (lactones) is 1. The standard InChI is InChI=1S/C13H16N4O5S/c14-12-16-9(7-23-12)10(19)11(20)15-5-8(6-18)1-2-17-3-4-22-13(17)21/h6-8H,1-5H2,(H2,14,16)(H,15,20)/t8-/m1/s1. The lowest BCUT2D eigenvalue weighted by atomic mass is 10.1. The fraction of sp³-hybridized carbons (Fsp3) is 0.462. The Balaban J connectivity index is 1.78. The third-order valence-electron chi connectivity index (χ3n) is 3.29. The first-order chi connectivity index (χ1) is 11.0. The molecule has 0 radical (unpaired) electrons. The normalized spacial score (nSPS) is 15.1. The van der Waals surface area contributed by atoms with Gasteiger partial charge in [0.1, 0.15) is 18.6 Å². The van der Waals surface area contributed by atoms with Gasteiger partial charge < -0.3 is 25.5 Å². The Morgan fingerprint density at radius 1 is 1.57 bits per heavy atom. The Kier molecular flexibility index (Phi) is 5.63. The molecule has 9 nitrogen and oxygen atoms in total. The molecule has 1 atom stereocenters. The summed E-state index contributed by atoms with van der Waals surface area (Å²) in [5.41, 5.74) is 5.38. The van der Waals surface area contributed by atoms with Crippen LogP contribution in [0.25, 0.3) is 0 Å². The van der Waals surface area contributed by atoms with Gasteiger partial charge in [0.05, 0.1) is 6.54 Å². The average molecular weight is 340 g/mol. The lowest BCUT2D eigenvalue weighted by Gasteiger charge is -2.16. The SMILES string of the molecule is Nc1nc(C(=O)C(=O)NC[C@H](C=O)CCN2CCOC2=O)cs1. The van der Waals surface area contributed by atoms with Crippen LogP contribution in [0.1, 0.15) is 16.9 Å². The van der Waals surface area contributed by atoms with E-state index in [0.29, 0.717) is 32.4 Å². The molecule has 1 aliphatic rings. The molecule has 0 aliphatic carbocycles. The van der Waals surface area contributed by atoms with Crippen LogP contribution >= 0.6 is 11.3 Å². The molecular weight excluding hydrogens is 324 g/mol. The van der Waals surface area contributed by atoms with Crippen LogP contribution in [0.3, 0.4) is 0 Å². The van der Waals surface area contributed by atoms with Gasteiger partial charge in [-0.3, -0.25) is 9.59 Å². The summed E-state index contributed by atoms with van der Waals surface area (Å²) in [5, 5.41) is 3.99. The second-order valence-corrected chi connectivity index (χ2v) is 5.79. The lowest BCUT2D eigenvalue weighted by molar-refractivity contribution is -0.117. The van der Waals surface area contributed by atoms with E-state index in [9.17, 15) is 19.2 Å². The van der Waals surface area contributed by atoms with Crippen LogP contribution < -0.4 is 11.1 Å². The molecule has 1 saturated heterocycles. The first-order valence-corrected chi connectivity index (χ1v) is 7.79. The summed E-state index contributed by atoms with van der Waals surface area (Å²) < 4.78 is 4.78. The minimum absolute atomic E-state index is 0.0105. The van der Waals surface area contributed by atoms with Crippen molar-refractivity contribution in [2.24, 2.45) is 5.92 Å². The molecule has 1 aliphatic heterocycles. The Morgan fingerprint density at radius 2 is 2.35 bits per heavy atom. The van der Waals surface area contributed by atoms with Crippen LogP contribution in [0.2, 0.25) is 0 Å². The predicted molar refractivity (Wildman–Crippen MR) is 81.0 cm³/mol. The molecule has 23 heavy (non-hydrogen) atoms. The number of aromatic nitrogens is 1. The summed E-state index contributed by atoms with van der Waals surface area (Å²) in [7, 11) is 0. The molecule has 1 aromatic heterocycles. The van der Waals surface area contributed by atoms with Crippen LogP contribution in [0.15, 0.2) is 5.38 Å². The van der Waals surface area contributed by atoms with Gasteiger partial charge in [0.25, 0.3) is 11.7 Å². The quantitative estimate of drug-likeness (QED) is 0.376. The number of nitrogens with two attached hydrogens (primary N) is 1. The van der Waals surface area contributed by atoms with Gasteiger partial charge >= 0.3 is 6.09 Å². The van der Waals surface area contributed by atoms with Gasteiger partial charge in [-0.25, -0.2) is 9.78 Å². The maximum atomic E-state index is 11.8. The van der Waals surface area contributed by atoms with Gasteiger partial charge in [-0.1, -0.05) is 0 Å². The van der Waals surface area contributed by atoms with Crippen LogP contribution in [-0.4, -0.2) is 60.2 Å². The molecule has 0 bridgehead atoms. The Bertz CT molecular complexity index is 617. The maximum Gasteiger partial charge on any atom is 0.409 e. The number of thiazole rings is 1. The number of hydrogen-bond acceptors (Lipinski definition) is 8. The highest BCUT2D eigenvalue weighted by molar-refractivity contribution is 7.13. The Morgan fingerprint density at radius 3 is 2.91 bits per heavy atom. The van der Waals surface area contributed by atoms with Gasteiger partial charge in [-0.15, -0.1) is 11.3 Å². The number of ether oxygens (including phenoxy) is 1. The maximum absolute atomic E-state index is 11.8. The van der Waals surface area contributed by atoms with Crippen LogP contribution in [-0.2, 0) is 14.3 Å². The van der Waals surface area contributed by atoms with Gasteiger partial charge in [0.2, 0.25) is 0 Å². The number of nitrogens with zero attached hydrogens (tertiary/aromatic N) is 2. The zero-order chi connectivity index (χ0) is 16.8. The zero-order valence-corrected chi connectivity index (χ0v) is 13.0. The molecule has 124 valence electrons. The fourth-order valence-electron chi connectivity index (χ4n) is 1.98. The summed E-state index contributed by atoms with van der Waals surface area (Å²) >= 11 is 1.06. The number of nitrogen functional groups attached to an aromatic ring is 1. The highest BCUT2D eigenvalue weighted by Gasteiger charge is 2.24. The van der Waals surface area contributed by atoms with Crippen LogP contribution in [0.5, 0.6) is 0 Å². The van der Waals surface area contributed by atoms with E-state index in [4.69, 9.17) is 10.5 Å². The van der Waals surface area contributed by atoms with Crippen molar-refractivity contribution in [1.29, 1.82) is 0 Å². The number of Topliss-reactive ketones (excluding diaryl/α,β-unsaturated/α-hetero) is 1. The number of amides is 2. The number of carbonyl (C=O) groups excluding carboxylic acids is 4. The predicted octanol–water partition coefficient (Wildman–Crippen LogP) is -0.318. The molecule has 3 N–H and O–H groups in total. The highest BCUT2D eigenvalue weighted by atomic mass is 32.1. The van der Waals surface area contributed by atoms with Crippen molar-refractivity contribution < 1.29 is 23.9 Å². The molecule has 2 rings (SSSR count). The molecule has 1 fully saturated rings. The topological polar surface area (TPSA) is 132 Å². The highest BCUT2D eigenvalue weighted by Crippen LogP contribution is 2.11. The number of anilines is 1. The first kappa shape index (κ1) is 16.9. The molecule has 10 heteroatoms. The Labute approximate surface area is 135 Å².